The fraction of sp³-hybridized carbons (Fsp3) is 0.167. The molecule has 0 aliphatic rings. The SMILES string of the molecule is CC(=O)OC/C(=C\c1cccc(F)c1)Cc1ccccc1. The number of benzene rings is 2. The summed E-state index contributed by atoms with van der Waals surface area (Å²) in [6.45, 7) is 1.59. The van der Waals surface area contributed by atoms with Crippen LogP contribution in [0.3, 0.4) is 0 Å². The summed E-state index contributed by atoms with van der Waals surface area (Å²) in [4.78, 5) is 11.0. The first-order valence-corrected chi connectivity index (χ1v) is 6.76. The summed E-state index contributed by atoms with van der Waals surface area (Å²) < 4.78 is 18.3. The van der Waals surface area contributed by atoms with E-state index in [-0.39, 0.29) is 18.4 Å². The summed E-state index contributed by atoms with van der Waals surface area (Å²) in [6.07, 6.45) is 2.52. The van der Waals surface area contributed by atoms with Crippen molar-refractivity contribution in [2.45, 2.75) is 13.3 Å². The number of halogens is 1. The highest BCUT2D eigenvalue weighted by Crippen LogP contribution is 2.14. The van der Waals surface area contributed by atoms with Gasteiger partial charge in [0.05, 0.1) is 0 Å². The van der Waals surface area contributed by atoms with Crippen LogP contribution in [0.15, 0.2) is 60.2 Å². The Hall–Kier alpha value is -2.42. The van der Waals surface area contributed by atoms with Crippen molar-refractivity contribution >= 4 is 12.0 Å². The minimum absolute atomic E-state index is 0.209. The van der Waals surface area contributed by atoms with Gasteiger partial charge in [-0.05, 0) is 35.3 Å². The van der Waals surface area contributed by atoms with E-state index >= 15 is 0 Å². The molecule has 2 rings (SSSR count). The van der Waals surface area contributed by atoms with Gasteiger partial charge in [0.1, 0.15) is 12.4 Å². The molecular formula is C18H17FO2. The van der Waals surface area contributed by atoms with Crippen molar-refractivity contribution < 1.29 is 13.9 Å². The Morgan fingerprint density at radius 3 is 2.57 bits per heavy atom. The van der Waals surface area contributed by atoms with Gasteiger partial charge < -0.3 is 4.74 Å². The van der Waals surface area contributed by atoms with Crippen LogP contribution in [0, 0.1) is 5.82 Å². The van der Waals surface area contributed by atoms with Crippen molar-refractivity contribution in [1.29, 1.82) is 0 Å². The Labute approximate surface area is 123 Å². The van der Waals surface area contributed by atoms with Crippen molar-refractivity contribution in [3.05, 3.63) is 77.1 Å². The minimum atomic E-state index is -0.326. The second kappa shape index (κ2) is 7.39. The molecule has 0 radical (unpaired) electrons. The molecule has 0 aliphatic carbocycles. The van der Waals surface area contributed by atoms with Crippen LogP contribution in [0.4, 0.5) is 4.39 Å². The summed E-state index contributed by atoms with van der Waals surface area (Å²) in [5.41, 5.74) is 2.79. The Morgan fingerprint density at radius 2 is 1.90 bits per heavy atom. The highest BCUT2D eigenvalue weighted by atomic mass is 19.1. The van der Waals surface area contributed by atoms with E-state index in [9.17, 15) is 9.18 Å². The third kappa shape index (κ3) is 5.22. The number of hydrogen-bond donors (Lipinski definition) is 0. The minimum Gasteiger partial charge on any atom is -0.461 e. The molecule has 0 saturated heterocycles. The quantitative estimate of drug-likeness (QED) is 0.775. The lowest BCUT2D eigenvalue weighted by atomic mass is 10.0. The number of hydrogen-bond acceptors (Lipinski definition) is 2. The molecule has 0 saturated carbocycles. The molecule has 0 amide bonds. The molecule has 0 aromatic heterocycles. The molecule has 2 aromatic carbocycles. The number of ether oxygens (including phenoxy) is 1. The van der Waals surface area contributed by atoms with Gasteiger partial charge in [-0.3, -0.25) is 4.79 Å². The molecular weight excluding hydrogens is 267 g/mol. The van der Waals surface area contributed by atoms with Gasteiger partial charge in [0.2, 0.25) is 0 Å². The van der Waals surface area contributed by atoms with E-state index in [0.29, 0.717) is 6.42 Å². The highest BCUT2D eigenvalue weighted by Gasteiger charge is 2.04. The topological polar surface area (TPSA) is 26.3 Å². The first kappa shape index (κ1) is 15.0. The van der Waals surface area contributed by atoms with E-state index in [4.69, 9.17) is 4.74 Å². The second-order valence-corrected chi connectivity index (χ2v) is 4.80. The number of rotatable bonds is 5. The lowest BCUT2D eigenvalue weighted by molar-refractivity contribution is -0.139. The van der Waals surface area contributed by atoms with E-state index in [1.165, 1.54) is 19.1 Å². The molecule has 0 atom stereocenters. The van der Waals surface area contributed by atoms with Crippen molar-refractivity contribution in [3.8, 4) is 0 Å². The number of esters is 1. The first-order valence-electron chi connectivity index (χ1n) is 6.76. The molecule has 3 heteroatoms. The molecule has 0 N–H and O–H groups in total. The highest BCUT2D eigenvalue weighted by molar-refractivity contribution is 5.66. The van der Waals surface area contributed by atoms with E-state index in [0.717, 1.165) is 16.7 Å². The van der Waals surface area contributed by atoms with Crippen molar-refractivity contribution in [2.75, 3.05) is 6.61 Å². The van der Waals surface area contributed by atoms with E-state index < -0.39 is 0 Å². The van der Waals surface area contributed by atoms with Gasteiger partial charge >= 0.3 is 5.97 Å². The second-order valence-electron chi connectivity index (χ2n) is 4.80. The Kier molecular flexibility index (Phi) is 5.27. The maximum absolute atomic E-state index is 13.2. The predicted molar refractivity (Wildman–Crippen MR) is 81.2 cm³/mol. The molecule has 0 bridgehead atoms. The van der Waals surface area contributed by atoms with Crippen LogP contribution < -0.4 is 0 Å². The van der Waals surface area contributed by atoms with Gasteiger partial charge in [0.15, 0.2) is 0 Å². The Bertz CT molecular complexity index is 633. The van der Waals surface area contributed by atoms with Crippen molar-refractivity contribution in [3.63, 3.8) is 0 Å². The number of carbonyl (C=O) groups is 1. The van der Waals surface area contributed by atoms with Crippen LogP contribution in [0.25, 0.3) is 6.08 Å². The van der Waals surface area contributed by atoms with Crippen LogP contribution in [0.2, 0.25) is 0 Å². The van der Waals surface area contributed by atoms with E-state index in [1.54, 1.807) is 6.07 Å². The van der Waals surface area contributed by atoms with Crippen LogP contribution in [0.5, 0.6) is 0 Å². The van der Waals surface area contributed by atoms with E-state index in [2.05, 4.69) is 0 Å². The van der Waals surface area contributed by atoms with Gasteiger partial charge in [0.25, 0.3) is 0 Å². The molecule has 0 fully saturated rings. The zero-order valence-corrected chi connectivity index (χ0v) is 11.9. The van der Waals surface area contributed by atoms with Gasteiger partial charge in [-0.15, -0.1) is 0 Å². The summed E-state index contributed by atoms with van der Waals surface area (Å²) in [5.74, 6) is -0.608. The summed E-state index contributed by atoms with van der Waals surface area (Å²) in [6, 6.07) is 16.2. The zero-order chi connectivity index (χ0) is 15.1. The van der Waals surface area contributed by atoms with E-state index in [1.807, 2.05) is 42.5 Å². The fourth-order valence-corrected chi connectivity index (χ4v) is 2.03. The van der Waals surface area contributed by atoms with Crippen molar-refractivity contribution in [1.82, 2.24) is 0 Å². The zero-order valence-electron chi connectivity index (χ0n) is 11.9. The first-order chi connectivity index (χ1) is 10.1. The molecule has 0 spiro atoms. The maximum Gasteiger partial charge on any atom is 0.302 e. The Morgan fingerprint density at radius 1 is 1.14 bits per heavy atom. The number of carbonyl (C=O) groups excluding carboxylic acids is 1. The average Bonchev–Trinajstić information content (AvgIpc) is 2.46. The summed E-state index contributed by atoms with van der Waals surface area (Å²) in [5, 5.41) is 0. The monoisotopic (exact) mass is 284 g/mol. The predicted octanol–water partition coefficient (Wildman–Crippen LogP) is 4.01. The molecule has 0 heterocycles. The normalized spacial score (nSPS) is 11.2. The Balaban J connectivity index is 2.20. The lowest BCUT2D eigenvalue weighted by Gasteiger charge is -2.09. The molecule has 0 unspecified atom stereocenters. The van der Waals surface area contributed by atoms with Gasteiger partial charge in [0, 0.05) is 6.92 Å². The smallest absolute Gasteiger partial charge is 0.302 e. The third-order valence-corrected chi connectivity index (χ3v) is 2.95. The van der Waals surface area contributed by atoms with Crippen LogP contribution >= 0.6 is 0 Å². The standard InChI is InChI=1S/C18H17FO2/c1-14(20)21-13-17(10-15-6-3-2-4-7-15)11-16-8-5-9-18(19)12-16/h2-9,11-12H,10,13H2,1H3/b17-11-. The van der Waals surface area contributed by atoms with Gasteiger partial charge in [-0.2, -0.15) is 0 Å². The van der Waals surface area contributed by atoms with Crippen LogP contribution in [-0.4, -0.2) is 12.6 Å². The molecule has 108 valence electrons. The molecule has 21 heavy (non-hydrogen) atoms. The largest absolute Gasteiger partial charge is 0.461 e. The average molecular weight is 284 g/mol. The summed E-state index contributed by atoms with van der Waals surface area (Å²) >= 11 is 0. The third-order valence-electron chi connectivity index (χ3n) is 2.95. The molecule has 2 aromatic rings. The molecule has 2 nitrogen and oxygen atoms in total. The van der Waals surface area contributed by atoms with Crippen LogP contribution in [0.1, 0.15) is 18.1 Å². The molecule has 0 aliphatic heterocycles. The maximum atomic E-state index is 13.2. The lowest BCUT2D eigenvalue weighted by Crippen LogP contribution is -2.05. The van der Waals surface area contributed by atoms with Gasteiger partial charge in [-0.1, -0.05) is 48.5 Å². The van der Waals surface area contributed by atoms with Gasteiger partial charge in [-0.25, -0.2) is 4.39 Å². The van der Waals surface area contributed by atoms with Crippen molar-refractivity contribution in [2.24, 2.45) is 0 Å². The summed E-state index contributed by atoms with van der Waals surface area (Å²) in [7, 11) is 0. The fourth-order valence-electron chi connectivity index (χ4n) is 2.03. The van der Waals surface area contributed by atoms with Crippen LogP contribution in [-0.2, 0) is 16.0 Å².